The number of amides is 1. The summed E-state index contributed by atoms with van der Waals surface area (Å²) in [6.07, 6.45) is 6.14. The van der Waals surface area contributed by atoms with Gasteiger partial charge in [0.25, 0.3) is 0 Å². The molecule has 16 heavy (non-hydrogen) atoms. The Balaban J connectivity index is 1.76. The number of rotatable bonds is 5. The van der Waals surface area contributed by atoms with Crippen LogP contribution in [0, 0.1) is 5.92 Å². The minimum atomic E-state index is -0.430. The van der Waals surface area contributed by atoms with Crippen molar-refractivity contribution < 1.29 is 9.63 Å². The number of nitrogens with one attached hydrogen (secondary N) is 2. The molecular weight excluding hydrogens is 206 g/mol. The van der Waals surface area contributed by atoms with Crippen LogP contribution in [-0.2, 0) is 9.63 Å². The van der Waals surface area contributed by atoms with Crippen molar-refractivity contribution in [2.45, 2.75) is 44.2 Å². The van der Waals surface area contributed by atoms with Gasteiger partial charge in [-0.1, -0.05) is 6.42 Å². The van der Waals surface area contributed by atoms with Gasteiger partial charge in [-0.3, -0.25) is 9.63 Å². The highest BCUT2D eigenvalue weighted by atomic mass is 16.6. The van der Waals surface area contributed by atoms with Crippen molar-refractivity contribution in [2.75, 3.05) is 13.2 Å². The van der Waals surface area contributed by atoms with Crippen molar-refractivity contribution in [2.24, 2.45) is 11.7 Å². The van der Waals surface area contributed by atoms with Crippen molar-refractivity contribution in [1.29, 1.82) is 0 Å². The van der Waals surface area contributed by atoms with Gasteiger partial charge in [-0.05, 0) is 38.1 Å². The van der Waals surface area contributed by atoms with Crippen LogP contribution in [0.4, 0.5) is 0 Å². The van der Waals surface area contributed by atoms with E-state index < -0.39 is 5.91 Å². The number of hydroxylamine groups is 1. The highest BCUT2D eigenvalue weighted by Crippen LogP contribution is 2.31. The Bertz CT molecular complexity index is 241. The fraction of sp³-hybridized carbons (Fsp3) is 0.909. The van der Waals surface area contributed by atoms with Crippen LogP contribution < -0.4 is 16.5 Å². The summed E-state index contributed by atoms with van der Waals surface area (Å²) in [4.78, 5) is 15.7. The third-order valence-corrected chi connectivity index (χ3v) is 3.63. The molecule has 5 nitrogen and oxygen atoms in total. The first-order valence-electron chi connectivity index (χ1n) is 6.16. The average Bonchev–Trinajstić information content (AvgIpc) is 2.84. The first kappa shape index (κ1) is 11.8. The maximum atomic E-state index is 10.6. The quantitative estimate of drug-likeness (QED) is 0.574. The Morgan fingerprint density at radius 3 is 2.94 bits per heavy atom. The molecule has 0 aromatic heterocycles. The molecule has 2 fully saturated rings. The van der Waals surface area contributed by atoms with Crippen molar-refractivity contribution >= 4 is 5.91 Å². The maximum Gasteiger partial charge on any atom is 0.245 e. The van der Waals surface area contributed by atoms with Gasteiger partial charge in [0, 0.05) is 12.1 Å². The van der Waals surface area contributed by atoms with E-state index in [1.165, 1.54) is 25.7 Å². The summed E-state index contributed by atoms with van der Waals surface area (Å²) >= 11 is 0. The summed E-state index contributed by atoms with van der Waals surface area (Å²) in [5.41, 5.74) is 8.02. The number of nitrogens with two attached hydrogens (primary N) is 1. The van der Waals surface area contributed by atoms with E-state index in [1.807, 2.05) is 0 Å². The van der Waals surface area contributed by atoms with E-state index in [9.17, 15) is 4.79 Å². The minimum absolute atomic E-state index is 0.0404. The Kier molecular flexibility index (Phi) is 4.15. The molecule has 0 bridgehead atoms. The van der Waals surface area contributed by atoms with Gasteiger partial charge in [-0.25, -0.2) is 0 Å². The van der Waals surface area contributed by atoms with Crippen molar-refractivity contribution in [1.82, 2.24) is 10.8 Å². The molecule has 4 N–H and O–H groups in total. The van der Waals surface area contributed by atoms with Crippen LogP contribution in [0.25, 0.3) is 0 Å². The summed E-state index contributed by atoms with van der Waals surface area (Å²) in [5.74, 6) is 0.205. The number of primary amides is 1. The third-order valence-electron chi connectivity index (χ3n) is 3.63. The molecule has 1 saturated carbocycles. The monoisotopic (exact) mass is 227 g/mol. The SMILES string of the molecule is NC(=O)CONC1CCCC1C1CCCN1. The van der Waals surface area contributed by atoms with Gasteiger partial charge >= 0.3 is 0 Å². The zero-order chi connectivity index (χ0) is 11.4. The number of hydrogen-bond donors (Lipinski definition) is 3. The van der Waals surface area contributed by atoms with Gasteiger partial charge in [-0.2, -0.15) is 5.48 Å². The van der Waals surface area contributed by atoms with Crippen molar-refractivity contribution in [3.05, 3.63) is 0 Å². The lowest BCUT2D eigenvalue weighted by molar-refractivity contribution is -0.126. The zero-order valence-electron chi connectivity index (χ0n) is 9.58. The normalized spacial score (nSPS) is 34.4. The highest BCUT2D eigenvalue weighted by Gasteiger charge is 2.35. The van der Waals surface area contributed by atoms with Gasteiger partial charge in [0.15, 0.2) is 0 Å². The summed E-state index contributed by atoms with van der Waals surface area (Å²) < 4.78 is 0. The fourth-order valence-corrected chi connectivity index (χ4v) is 2.91. The van der Waals surface area contributed by atoms with Crippen LogP contribution in [0.5, 0.6) is 0 Å². The van der Waals surface area contributed by atoms with Crippen LogP contribution in [0.1, 0.15) is 32.1 Å². The molecule has 2 aliphatic rings. The van der Waals surface area contributed by atoms with Gasteiger partial charge in [0.1, 0.15) is 6.61 Å². The molecule has 1 aliphatic carbocycles. The van der Waals surface area contributed by atoms with E-state index in [0.717, 1.165) is 13.0 Å². The van der Waals surface area contributed by atoms with Gasteiger partial charge in [0.05, 0.1) is 0 Å². The number of carbonyl (C=O) groups is 1. The number of carbonyl (C=O) groups excluding carboxylic acids is 1. The molecule has 92 valence electrons. The van der Waals surface area contributed by atoms with Crippen LogP contribution >= 0.6 is 0 Å². The molecule has 1 aliphatic heterocycles. The van der Waals surface area contributed by atoms with Gasteiger partial charge < -0.3 is 11.1 Å². The Labute approximate surface area is 96.0 Å². The smallest absolute Gasteiger partial charge is 0.245 e. The zero-order valence-corrected chi connectivity index (χ0v) is 9.58. The molecule has 0 aromatic rings. The summed E-state index contributed by atoms with van der Waals surface area (Å²) in [5, 5.41) is 3.54. The van der Waals surface area contributed by atoms with Crippen molar-refractivity contribution in [3.8, 4) is 0 Å². The second-order valence-electron chi connectivity index (χ2n) is 4.78. The summed E-state index contributed by atoms with van der Waals surface area (Å²) in [7, 11) is 0. The molecule has 1 saturated heterocycles. The van der Waals surface area contributed by atoms with Crippen LogP contribution in [0.15, 0.2) is 0 Å². The Morgan fingerprint density at radius 2 is 2.25 bits per heavy atom. The van der Waals surface area contributed by atoms with E-state index >= 15 is 0 Å². The first-order valence-corrected chi connectivity index (χ1v) is 6.16. The van der Waals surface area contributed by atoms with Crippen molar-refractivity contribution in [3.63, 3.8) is 0 Å². The predicted molar refractivity (Wildman–Crippen MR) is 60.4 cm³/mol. The van der Waals surface area contributed by atoms with Gasteiger partial charge in [0.2, 0.25) is 5.91 Å². The fourth-order valence-electron chi connectivity index (χ4n) is 2.91. The Morgan fingerprint density at radius 1 is 1.38 bits per heavy atom. The van der Waals surface area contributed by atoms with Crippen LogP contribution in [-0.4, -0.2) is 31.1 Å². The first-order chi connectivity index (χ1) is 7.77. The third kappa shape index (κ3) is 2.93. The molecule has 0 radical (unpaired) electrons. The minimum Gasteiger partial charge on any atom is -0.368 e. The Hall–Kier alpha value is -0.650. The lowest BCUT2D eigenvalue weighted by Gasteiger charge is -2.25. The van der Waals surface area contributed by atoms with E-state index in [4.69, 9.17) is 10.6 Å². The van der Waals surface area contributed by atoms with E-state index in [-0.39, 0.29) is 6.61 Å². The van der Waals surface area contributed by atoms with Crippen LogP contribution in [0.2, 0.25) is 0 Å². The van der Waals surface area contributed by atoms with Gasteiger partial charge in [-0.15, -0.1) is 0 Å². The standard InChI is InChI=1S/C11H21N3O2/c12-11(15)7-16-14-10-4-1-3-8(10)9-5-2-6-13-9/h8-10,13-14H,1-7H2,(H2,12,15). The maximum absolute atomic E-state index is 10.6. The molecule has 0 spiro atoms. The second kappa shape index (κ2) is 5.61. The molecule has 2 rings (SSSR count). The highest BCUT2D eigenvalue weighted by molar-refractivity contribution is 5.74. The lowest BCUT2D eigenvalue weighted by Crippen LogP contribution is -2.42. The molecule has 0 aromatic carbocycles. The lowest BCUT2D eigenvalue weighted by atomic mass is 9.94. The molecule has 3 atom stereocenters. The summed E-state index contributed by atoms with van der Waals surface area (Å²) in [6, 6.07) is 0.993. The summed E-state index contributed by atoms with van der Waals surface area (Å²) in [6.45, 7) is 1.09. The molecule has 3 unspecified atom stereocenters. The van der Waals surface area contributed by atoms with E-state index in [2.05, 4.69) is 10.8 Å². The molecule has 5 heteroatoms. The molecule has 1 amide bonds. The van der Waals surface area contributed by atoms with E-state index in [1.54, 1.807) is 0 Å². The second-order valence-corrected chi connectivity index (χ2v) is 4.78. The molecular formula is C11H21N3O2. The average molecular weight is 227 g/mol. The van der Waals surface area contributed by atoms with E-state index in [0.29, 0.717) is 18.0 Å². The van der Waals surface area contributed by atoms with Crippen LogP contribution in [0.3, 0.4) is 0 Å². The number of hydrogen-bond acceptors (Lipinski definition) is 4. The topological polar surface area (TPSA) is 76.4 Å². The molecule has 1 heterocycles. The largest absolute Gasteiger partial charge is 0.368 e. The predicted octanol–water partition coefficient (Wildman–Crippen LogP) is -0.0864.